The third-order valence-corrected chi connectivity index (χ3v) is 2.91. The second kappa shape index (κ2) is 5.52. The van der Waals surface area contributed by atoms with Crippen molar-refractivity contribution < 1.29 is 5.11 Å². The number of hydrogen-bond acceptors (Lipinski definition) is 3. The Balaban J connectivity index is 2.63. The van der Waals surface area contributed by atoms with E-state index in [0.717, 1.165) is 23.1 Å². The average Bonchev–Trinajstić information content (AvgIpc) is 2.43. The molecule has 0 saturated heterocycles. The maximum absolute atomic E-state index is 9.28. The molecule has 92 valence electrons. The summed E-state index contributed by atoms with van der Waals surface area (Å²) < 4.78 is 0. The zero-order valence-electron chi connectivity index (χ0n) is 10.4. The zero-order chi connectivity index (χ0) is 13.0. The molecule has 18 heavy (non-hydrogen) atoms. The van der Waals surface area contributed by atoms with Crippen molar-refractivity contribution in [2.24, 2.45) is 0 Å². The first-order valence-electron chi connectivity index (χ1n) is 5.98. The maximum Gasteiger partial charge on any atom is 0.0854 e. The monoisotopic (exact) mass is 240 g/mol. The molecule has 0 aliphatic rings. The molecular weight excluding hydrogens is 224 g/mol. The van der Waals surface area contributed by atoms with E-state index in [1.807, 2.05) is 30.3 Å². The summed E-state index contributed by atoms with van der Waals surface area (Å²) in [6, 6.07) is 9.80. The summed E-state index contributed by atoms with van der Waals surface area (Å²) in [6.07, 6.45) is 5.40. The van der Waals surface area contributed by atoms with E-state index in [-0.39, 0.29) is 6.61 Å². The Bertz CT molecular complexity index is 587. The summed E-state index contributed by atoms with van der Waals surface area (Å²) in [7, 11) is 0. The Kier molecular flexibility index (Phi) is 3.81. The van der Waals surface area contributed by atoms with Crippen molar-refractivity contribution in [1.29, 1.82) is 0 Å². The highest BCUT2D eigenvalue weighted by Gasteiger charge is 2.10. The minimum atomic E-state index is -0.0640. The van der Waals surface area contributed by atoms with Crippen molar-refractivity contribution in [1.82, 2.24) is 4.98 Å². The molecule has 1 aromatic heterocycles. The van der Waals surface area contributed by atoms with E-state index in [1.165, 1.54) is 0 Å². The molecule has 1 aromatic carbocycles. The van der Waals surface area contributed by atoms with Gasteiger partial charge in [-0.25, -0.2) is 0 Å². The van der Waals surface area contributed by atoms with Gasteiger partial charge >= 0.3 is 0 Å². The van der Waals surface area contributed by atoms with Gasteiger partial charge in [-0.05, 0) is 19.1 Å². The number of aliphatic hydroxyl groups excluding tert-OH is 1. The lowest BCUT2D eigenvalue weighted by atomic mass is 10.1. The van der Waals surface area contributed by atoms with Crippen LogP contribution in [0, 0.1) is 12.3 Å². The SMILES string of the molecule is C#CCN(CC)c1cc(CO)nc2ccccc12. The predicted octanol–water partition coefficient (Wildman–Crippen LogP) is 2.19. The van der Waals surface area contributed by atoms with Gasteiger partial charge in [-0.3, -0.25) is 4.98 Å². The van der Waals surface area contributed by atoms with E-state index >= 15 is 0 Å². The van der Waals surface area contributed by atoms with Gasteiger partial charge in [0.1, 0.15) is 0 Å². The summed E-state index contributed by atoms with van der Waals surface area (Å²) in [5, 5.41) is 10.3. The summed E-state index contributed by atoms with van der Waals surface area (Å²) in [6.45, 7) is 3.37. The second-order valence-electron chi connectivity index (χ2n) is 4.03. The van der Waals surface area contributed by atoms with Gasteiger partial charge in [0.05, 0.1) is 24.4 Å². The van der Waals surface area contributed by atoms with Crippen LogP contribution >= 0.6 is 0 Å². The molecule has 1 heterocycles. The molecule has 0 spiro atoms. The number of pyridine rings is 1. The van der Waals surface area contributed by atoms with Gasteiger partial charge < -0.3 is 10.0 Å². The highest BCUT2D eigenvalue weighted by Crippen LogP contribution is 2.26. The Morgan fingerprint density at radius 3 is 2.83 bits per heavy atom. The van der Waals surface area contributed by atoms with Gasteiger partial charge in [-0.1, -0.05) is 24.1 Å². The van der Waals surface area contributed by atoms with Crippen LogP contribution in [0.15, 0.2) is 30.3 Å². The number of fused-ring (bicyclic) bond motifs is 1. The molecule has 3 nitrogen and oxygen atoms in total. The number of aromatic nitrogens is 1. The molecule has 3 heteroatoms. The van der Waals surface area contributed by atoms with Crippen LogP contribution in [0.5, 0.6) is 0 Å². The van der Waals surface area contributed by atoms with E-state index in [2.05, 4.69) is 22.7 Å². The fourth-order valence-electron chi connectivity index (χ4n) is 2.03. The van der Waals surface area contributed by atoms with E-state index in [4.69, 9.17) is 6.42 Å². The van der Waals surface area contributed by atoms with Gasteiger partial charge in [0.15, 0.2) is 0 Å². The van der Waals surface area contributed by atoms with Crippen LogP contribution in [-0.2, 0) is 6.61 Å². The molecule has 0 radical (unpaired) electrons. The minimum absolute atomic E-state index is 0.0640. The van der Waals surface area contributed by atoms with E-state index in [1.54, 1.807) is 0 Å². The van der Waals surface area contributed by atoms with Crippen LogP contribution in [0.1, 0.15) is 12.6 Å². The number of nitrogens with zero attached hydrogens (tertiary/aromatic N) is 2. The number of benzene rings is 1. The van der Waals surface area contributed by atoms with Crippen molar-refractivity contribution in [2.45, 2.75) is 13.5 Å². The fraction of sp³-hybridized carbons (Fsp3) is 0.267. The van der Waals surface area contributed by atoms with Gasteiger partial charge in [0, 0.05) is 17.6 Å². The van der Waals surface area contributed by atoms with Crippen molar-refractivity contribution in [3.8, 4) is 12.3 Å². The highest BCUT2D eigenvalue weighted by molar-refractivity contribution is 5.92. The van der Waals surface area contributed by atoms with Crippen molar-refractivity contribution in [2.75, 3.05) is 18.0 Å². The fourth-order valence-corrected chi connectivity index (χ4v) is 2.03. The molecule has 0 amide bonds. The summed E-state index contributed by atoms with van der Waals surface area (Å²) in [5.41, 5.74) is 2.58. The Labute approximate surface area is 107 Å². The van der Waals surface area contributed by atoms with Crippen LogP contribution in [0.2, 0.25) is 0 Å². The minimum Gasteiger partial charge on any atom is -0.390 e. The third-order valence-electron chi connectivity index (χ3n) is 2.91. The molecule has 0 unspecified atom stereocenters. The normalized spacial score (nSPS) is 10.3. The summed E-state index contributed by atoms with van der Waals surface area (Å²) in [5.74, 6) is 2.66. The molecule has 0 aliphatic heterocycles. The summed E-state index contributed by atoms with van der Waals surface area (Å²) >= 11 is 0. The third kappa shape index (κ3) is 2.29. The predicted molar refractivity (Wildman–Crippen MR) is 74.4 cm³/mol. The largest absolute Gasteiger partial charge is 0.390 e. The van der Waals surface area contributed by atoms with Crippen LogP contribution in [-0.4, -0.2) is 23.2 Å². The molecule has 1 N–H and O–H groups in total. The molecule has 0 bridgehead atoms. The Morgan fingerprint density at radius 1 is 1.39 bits per heavy atom. The second-order valence-corrected chi connectivity index (χ2v) is 4.03. The van der Waals surface area contributed by atoms with Gasteiger partial charge in [0.2, 0.25) is 0 Å². The number of rotatable bonds is 4. The number of anilines is 1. The first kappa shape index (κ1) is 12.4. The lowest BCUT2D eigenvalue weighted by molar-refractivity contribution is 0.277. The van der Waals surface area contributed by atoms with Crippen LogP contribution in [0.4, 0.5) is 5.69 Å². The molecule has 0 atom stereocenters. The lowest BCUT2D eigenvalue weighted by Gasteiger charge is -2.22. The summed E-state index contributed by atoms with van der Waals surface area (Å²) in [4.78, 5) is 6.50. The number of para-hydroxylation sites is 1. The first-order valence-corrected chi connectivity index (χ1v) is 5.98. The number of aliphatic hydroxyl groups is 1. The van der Waals surface area contributed by atoms with Crippen LogP contribution in [0.3, 0.4) is 0 Å². The lowest BCUT2D eigenvalue weighted by Crippen LogP contribution is -2.23. The molecule has 2 rings (SSSR count). The zero-order valence-corrected chi connectivity index (χ0v) is 10.4. The maximum atomic E-state index is 9.28. The average molecular weight is 240 g/mol. The van der Waals surface area contributed by atoms with Gasteiger partial charge in [-0.15, -0.1) is 6.42 Å². The van der Waals surface area contributed by atoms with E-state index in [9.17, 15) is 5.11 Å². The number of terminal acetylenes is 1. The van der Waals surface area contributed by atoms with Crippen LogP contribution < -0.4 is 4.90 Å². The van der Waals surface area contributed by atoms with Crippen molar-refractivity contribution in [3.05, 3.63) is 36.0 Å². The first-order chi connectivity index (χ1) is 8.80. The van der Waals surface area contributed by atoms with Gasteiger partial charge in [0.25, 0.3) is 0 Å². The smallest absolute Gasteiger partial charge is 0.0854 e. The molecule has 2 aromatic rings. The van der Waals surface area contributed by atoms with Crippen molar-refractivity contribution in [3.63, 3.8) is 0 Å². The standard InChI is InChI=1S/C15H16N2O/c1-3-9-17(4-2)15-10-12(11-18)16-14-8-6-5-7-13(14)15/h1,5-8,10,18H,4,9,11H2,2H3. The van der Waals surface area contributed by atoms with Crippen molar-refractivity contribution >= 4 is 16.6 Å². The van der Waals surface area contributed by atoms with E-state index < -0.39 is 0 Å². The Morgan fingerprint density at radius 2 is 2.17 bits per heavy atom. The highest BCUT2D eigenvalue weighted by atomic mass is 16.3. The topological polar surface area (TPSA) is 36.4 Å². The molecule has 0 saturated carbocycles. The Hall–Kier alpha value is -2.05. The van der Waals surface area contributed by atoms with E-state index in [0.29, 0.717) is 12.2 Å². The molecule has 0 aliphatic carbocycles. The van der Waals surface area contributed by atoms with Crippen LogP contribution in [0.25, 0.3) is 10.9 Å². The molecule has 0 fully saturated rings. The quantitative estimate of drug-likeness (QED) is 0.832. The van der Waals surface area contributed by atoms with Gasteiger partial charge in [-0.2, -0.15) is 0 Å². The molecular formula is C15H16N2O. The number of hydrogen-bond donors (Lipinski definition) is 1.